The van der Waals surface area contributed by atoms with Gasteiger partial charge in [-0.2, -0.15) is 4.90 Å². The molecule has 3 heterocycles. The Morgan fingerprint density at radius 1 is 0.691 bits per heavy atom. The van der Waals surface area contributed by atoms with Crippen molar-refractivity contribution in [1.82, 2.24) is 20.0 Å². The zero-order valence-electron chi connectivity index (χ0n) is 31.1. The minimum absolute atomic E-state index is 0.412. The summed E-state index contributed by atoms with van der Waals surface area (Å²) in [6, 6.07) is 12.5. The van der Waals surface area contributed by atoms with Crippen LogP contribution in [0.4, 0.5) is 34.5 Å². The summed E-state index contributed by atoms with van der Waals surface area (Å²) in [5.74, 6) is -0.633. The molecule has 7 amide bonds. The van der Waals surface area contributed by atoms with Crippen LogP contribution in [0, 0.1) is 11.6 Å². The first-order valence-corrected chi connectivity index (χ1v) is 18.2. The van der Waals surface area contributed by atoms with Crippen LogP contribution in [0.5, 0.6) is 11.5 Å². The van der Waals surface area contributed by atoms with Crippen molar-refractivity contribution in [3.05, 3.63) is 94.6 Å². The van der Waals surface area contributed by atoms with Gasteiger partial charge >= 0.3 is 18.1 Å². The normalized spacial score (nSPS) is 15.8. The third-order valence-corrected chi connectivity index (χ3v) is 10.7. The minimum Gasteiger partial charge on any atom is -0.496 e. The molecule has 55 heavy (non-hydrogen) atoms. The molecule has 0 aromatic heterocycles. The number of carbonyl (C=O) groups is 4. The fourth-order valence-corrected chi connectivity index (χ4v) is 7.84. The Hall–Kier alpha value is -5.86. The number of hydrogen-bond acceptors (Lipinski definition) is 8. The van der Waals surface area contributed by atoms with E-state index >= 15 is 0 Å². The van der Waals surface area contributed by atoms with E-state index < -0.39 is 42.2 Å². The molecule has 3 aliphatic rings. The number of rotatable bonds is 8. The third kappa shape index (κ3) is 7.10. The van der Waals surface area contributed by atoms with Crippen LogP contribution in [0.3, 0.4) is 0 Å². The quantitative estimate of drug-likeness (QED) is 0.189. The summed E-state index contributed by atoms with van der Waals surface area (Å²) in [5, 5.41) is 4.90. The second-order valence-electron chi connectivity index (χ2n) is 13.6. The lowest BCUT2D eigenvalue weighted by Gasteiger charge is -2.33. The molecule has 0 aliphatic carbocycles. The Morgan fingerprint density at radius 2 is 1.24 bits per heavy atom. The Morgan fingerprint density at radius 3 is 1.80 bits per heavy atom. The molecular formula is C41H42F2N6O6. The lowest BCUT2D eigenvalue weighted by molar-refractivity contribution is -0.122. The molecule has 0 radical (unpaired) electrons. The standard InChI is InChI=1S/C41H42F2N6O6/c1-5-46-17-15-28-26(30-19-24(42)7-13-36(30)54-3)9-11-34(32(28)21-46)44-39(51)45-40(52)49-38(50)23-48(41(49)53)35-12-10-27(29-16-18-47(6-2)22-33(29)35)31-20-25(43)8-14-37(31)55-4/h7-14,19-20H,5-6,15-18,21-23H2,1-4H3,(H2,44,45,51,52). The van der Waals surface area contributed by atoms with Crippen molar-refractivity contribution in [2.75, 3.05) is 57.2 Å². The fraction of sp³-hybridized carbons (Fsp3) is 0.317. The number of nitrogens with one attached hydrogen (secondary N) is 2. The first kappa shape index (κ1) is 37.5. The van der Waals surface area contributed by atoms with Crippen LogP contribution >= 0.6 is 0 Å². The third-order valence-electron chi connectivity index (χ3n) is 10.7. The Balaban J connectivity index is 1.13. The molecule has 12 nitrogen and oxygen atoms in total. The smallest absolute Gasteiger partial charge is 0.340 e. The predicted octanol–water partition coefficient (Wildman–Crippen LogP) is 6.78. The van der Waals surface area contributed by atoms with Crippen molar-refractivity contribution in [1.29, 1.82) is 0 Å². The maximum Gasteiger partial charge on any atom is 0.340 e. The highest BCUT2D eigenvalue weighted by Crippen LogP contribution is 2.42. The summed E-state index contributed by atoms with van der Waals surface area (Å²) >= 11 is 0. The summed E-state index contributed by atoms with van der Waals surface area (Å²) in [5.41, 5.74) is 6.92. The van der Waals surface area contributed by atoms with E-state index in [0.717, 1.165) is 59.6 Å². The molecule has 1 fully saturated rings. The molecule has 7 rings (SSSR count). The van der Waals surface area contributed by atoms with E-state index in [1.54, 1.807) is 36.4 Å². The molecule has 0 bridgehead atoms. The molecule has 0 spiro atoms. The van der Waals surface area contributed by atoms with Crippen LogP contribution in [0.1, 0.15) is 36.1 Å². The highest BCUT2D eigenvalue weighted by atomic mass is 19.1. The second kappa shape index (κ2) is 15.5. The number of carbonyl (C=O) groups excluding carboxylic acids is 4. The fourth-order valence-electron chi connectivity index (χ4n) is 7.84. The molecular weight excluding hydrogens is 710 g/mol. The Bertz CT molecular complexity index is 2210. The number of nitrogens with zero attached hydrogens (tertiary/aromatic N) is 4. The van der Waals surface area contributed by atoms with Gasteiger partial charge in [-0.3, -0.25) is 24.8 Å². The predicted molar refractivity (Wildman–Crippen MR) is 203 cm³/mol. The van der Waals surface area contributed by atoms with Crippen molar-refractivity contribution in [2.24, 2.45) is 0 Å². The van der Waals surface area contributed by atoms with Gasteiger partial charge in [0, 0.05) is 43.0 Å². The topological polar surface area (TPSA) is 124 Å². The molecule has 4 aromatic carbocycles. The summed E-state index contributed by atoms with van der Waals surface area (Å²) in [4.78, 5) is 60.1. The van der Waals surface area contributed by atoms with Gasteiger partial charge in [0.1, 0.15) is 29.7 Å². The van der Waals surface area contributed by atoms with Gasteiger partial charge in [-0.05, 0) is 108 Å². The van der Waals surface area contributed by atoms with Gasteiger partial charge in [0.2, 0.25) is 0 Å². The average Bonchev–Trinajstić information content (AvgIpc) is 3.49. The summed E-state index contributed by atoms with van der Waals surface area (Å²) in [6.45, 7) is 7.57. The monoisotopic (exact) mass is 752 g/mol. The first-order chi connectivity index (χ1) is 26.5. The molecule has 3 aliphatic heterocycles. The van der Waals surface area contributed by atoms with Gasteiger partial charge in [0.15, 0.2) is 0 Å². The number of imide groups is 4. The molecule has 4 aromatic rings. The molecule has 0 saturated carbocycles. The van der Waals surface area contributed by atoms with Crippen LogP contribution in [-0.2, 0) is 30.7 Å². The second-order valence-corrected chi connectivity index (χ2v) is 13.6. The van der Waals surface area contributed by atoms with E-state index in [4.69, 9.17) is 9.47 Å². The highest BCUT2D eigenvalue weighted by molar-refractivity contribution is 6.23. The summed E-state index contributed by atoms with van der Waals surface area (Å²) in [7, 11) is 3.03. The van der Waals surface area contributed by atoms with Crippen LogP contribution in [0.15, 0.2) is 60.7 Å². The zero-order chi connectivity index (χ0) is 39.0. The van der Waals surface area contributed by atoms with E-state index in [0.29, 0.717) is 64.8 Å². The summed E-state index contributed by atoms with van der Waals surface area (Å²) in [6.07, 6.45) is 1.22. The highest BCUT2D eigenvalue weighted by Gasteiger charge is 2.43. The van der Waals surface area contributed by atoms with Crippen molar-refractivity contribution in [3.8, 4) is 33.8 Å². The van der Waals surface area contributed by atoms with Gasteiger partial charge in [-0.25, -0.2) is 23.2 Å². The molecule has 0 atom stereocenters. The van der Waals surface area contributed by atoms with Gasteiger partial charge in [-0.1, -0.05) is 26.0 Å². The van der Waals surface area contributed by atoms with Gasteiger partial charge in [0.25, 0.3) is 5.91 Å². The van der Waals surface area contributed by atoms with Gasteiger partial charge in [-0.15, -0.1) is 0 Å². The van der Waals surface area contributed by atoms with Crippen LogP contribution in [0.25, 0.3) is 22.3 Å². The number of methoxy groups -OCH3 is 2. The average molecular weight is 753 g/mol. The first-order valence-electron chi connectivity index (χ1n) is 18.2. The number of fused-ring (bicyclic) bond motifs is 2. The Kier molecular flexibility index (Phi) is 10.5. The maximum absolute atomic E-state index is 14.4. The minimum atomic E-state index is -1.19. The largest absolute Gasteiger partial charge is 0.496 e. The van der Waals surface area contributed by atoms with E-state index in [2.05, 4.69) is 20.4 Å². The number of halogens is 2. The van der Waals surface area contributed by atoms with E-state index in [9.17, 15) is 28.0 Å². The SMILES string of the molecule is CCN1CCc2c(-c3cc(F)ccc3OC)ccc(NC(=O)NC(=O)N3C(=O)CN(c4ccc(-c5cc(F)ccc5OC)c5c4CN(CC)CC5)C3=O)c2C1. The number of hydrogen-bond donors (Lipinski definition) is 2. The number of ether oxygens (including phenoxy) is 2. The van der Waals surface area contributed by atoms with Crippen LogP contribution in [0.2, 0.25) is 0 Å². The molecule has 2 N–H and O–H groups in total. The molecule has 14 heteroatoms. The summed E-state index contributed by atoms with van der Waals surface area (Å²) < 4.78 is 39.9. The van der Waals surface area contributed by atoms with Crippen molar-refractivity contribution >= 4 is 35.4 Å². The number of urea groups is 3. The number of likely N-dealkylation sites (N-methyl/N-ethyl adjacent to an activating group) is 2. The Labute approximate surface area is 317 Å². The number of anilines is 2. The van der Waals surface area contributed by atoms with Gasteiger partial charge in [0.05, 0.1) is 19.9 Å². The van der Waals surface area contributed by atoms with Gasteiger partial charge < -0.3 is 14.8 Å². The van der Waals surface area contributed by atoms with E-state index in [1.807, 2.05) is 13.8 Å². The molecule has 0 unspecified atom stereocenters. The van der Waals surface area contributed by atoms with Crippen molar-refractivity contribution in [3.63, 3.8) is 0 Å². The lowest BCUT2D eigenvalue weighted by atomic mass is 9.88. The molecule has 1 saturated heterocycles. The van der Waals surface area contributed by atoms with Crippen LogP contribution < -0.4 is 25.0 Å². The zero-order valence-corrected chi connectivity index (χ0v) is 31.1. The van der Waals surface area contributed by atoms with E-state index in [1.165, 1.54) is 43.4 Å². The number of amides is 7. The van der Waals surface area contributed by atoms with E-state index in [-0.39, 0.29) is 0 Å². The maximum atomic E-state index is 14.4. The van der Waals surface area contributed by atoms with Crippen molar-refractivity contribution in [2.45, 2.75) is 39.8 Å². The van der Waals surface area contributed by atoms with Crippen molar-refractivity contribution < 1.29 is 37.4 Å². The van der Waals surface area contributed by atoms with Crippen LogP contribution in [-0.4, -0.2) is 85.6 Å². The lowest BCUT2D eigenvalue weighted by Crippen LogP contribution is -2.48. The molecule has 286 valence electrons. The number of benzene rings is 4.